The fourth-order valence-electron chi connectivity index (χ4n) is 4.87. The first-order valence-electron chi connectivity index (χ1n) is 11.9. The second-order valence-electron chi connectivity index (χ2n) is 9.96. The molecule has 2 heterocycles. The lowest BCUT2D eigenvalue weighted by Crippen LogP contribution is -2.53. The van der Waals surface area contributed by atoms with Crippen molar-refractivity contribution in [3.05, 3.63) is 12.3 Å². The minimum absolute atomic E-state index is 0.0278. The van der Waals surface area contributed by atoms with Crippen LogP contribution in [-0.2, 0) is 14.3 Å². The molecule has 184 valence electrons. The summed E-state index contributed by atoms with van der Waals surface area (Å²) in [4.78, 5) is 39.0. The number of hydrogen-bond donors (Lipinski definition) is 5. The minimum atomic E-state index is -0.784. The highest BCUT2D eigenvalue weighted by Gasteiger charge is 2.45. The van der Waals surface area contributed by atoms with Crippen molar-refractivity contribution in [3.63, 3.8) is 0 Å². The summed E-state index contributed by atoms with van der Waals surface area (Å²) in [6.07, 6.45) is 8.34. The molecule has 0 aromatic carbocycles. The summed E-state index contributed by atoms with van der Waals surface area (Å²) < 4.78 is 5.56. The Hall–Kier alpha value is -2.62. The topological polar surface area (TPSA) is 144 Å². The molecule has 10 heteroatoms. The van der Waals surface area contributed by atoms with Crippen LogP contribution in [0.5, 0.6) is 0 Å². The van der Waals surface area contributed by atoms with Crippen LogP contribution >= 0.6 is 0 Å². The molecule has 0 unspecified atom stereocenters. The molecule has 10 nitrogen and oxygen atoms in total. The third-order valence-corrected chi connectivity index (χ3v) is 6.81. The number of alkyl carbamates (subject to hydrolysis) is 1. The predicted molar refractivity (Wildman–Crippen MR) is 122 cm³/mol. The van der Waals surface area contributed by atoms with Gasteiger partial charge in [-0.2, -0.15) is 0 Å². The van der Waals surface area contributed by atoms with Crippen LogP contribution in [0.4, 0.5) is 4.79 Å². The van der Waals surface area contributed by atoms with Crippen LogP contribution in [0.1, 0.15) is 52.4 Å². The van der Waals surface area contributed by atoms with Crippen molar-refractivity contribution < 1.29 is 24.2 Å². The molecule has 1 saturated heterocycles. The quantitative estimate of drug-likeness (QED) is 0.242. The van der Waals surface area contributed by atoms with Gasteiger partial charge in [-0.3, -0.25) is 15.0 Å². The van der Waals surface area contributed by atoms with Crippen molar-refractivity contribution in [2.45, 2.75) is 70.6 Å². The molecule has 2 aliphatic heterocycles. The van der Waals surface area contributed by atoms with E-state index in [9.17, 15) is 19.5 Å². The maximum atomic E-state index is 12.9. The lowest BCUT2D eigenvalue weighted by molar-refractivity contribution is -0.126. The molecule has 0 aromatic heterocycles. The van der Waals surface area contributed by atoms with Crippen molar-refractivity contribution in [3.8, 4) is 0 Å². The Labute approximate surface area is 195 Å². The van der Waals surface area contributed by atoms with Gasteiger partial charge in [-0.05, 0) is 49.9 Å². The summed E-state index contributed by atoms with van der Waals surface area (Å²) in [6, 6.07) is -1.34. The van der Waals surface area contributed by atoms with Crippen molar-refractivity contribution in [2.24, 2.45) is 17.3 Å². The lowest BCUT2D eigenvalue weighted by Gasteiger charge is -2.47. The maximum absolute atomic E-state index is 12.9. The van der Waals surface area contributed by atoms with E-state index >= 15 is 0 Å². The molecule has 0 bridgehead atoms. The van der Waals surface area contributed by atoms with E-state index in [-0.39, 0.29) is 41.8 Å². The van der Waals surface area contributed by atoms with Crippen LogP contribution in [0.2, 0.25) is 0 Å². The molecule has 5 N–H and O–H groups in total. The highest BCUT2D eigenvalue weighted by molar-refractivity contribution is 5.86. The molecule has 33 heavy (non-hydrogen) atoms. The van der Waals surface area contributed by atoms with E-state index in [2.05, 4.69) is 22.0 Å². The molecule has 1 spiro atoms. The summed E-state index contributed by atoms with van der Waals surface area (Å²) >= 11 is 0. The number of aliphatic hydroxyl groups excluding tert-OH is 1. The van der Waals surface area contributed by atoms with Gasteiger partial charge in [0.25, 0.3) is 0 Å². The number of hydrogen-bond acceptors (Lipinski definition) is 6. The summed E-state index contributed by atoms with van der Waals surface area (Å²) in [5.74, 6) is -0.509. The van der Waals surface area contributed by atoms with Gasteiger partial charge in [0, 0.05) is 25.2 Å². The fraction of sp³-hybridized carbons (Fsp3) is 0.739. The van der Waals surface area contributed by atoms with Gasteiger partial charge < -0.3 is 30.7 Å². The van der Waals surface area contributed by atoms with E-state index in [4.69, 9.17) is 10.1 Å². The van der Waals surface area contributed by atoms with Gasteiger partial charge in [0.05, 0.1) is 19.0 Å². The molecule has 2 fully saturated rings. The third kappa shape index (κ3) is 6.69. The van der Waals surface area contributed by atoms with Crippen LogP contribution in [-0.4, -0.2) is 72.1 Å². The van der Waals surface area contributed by atoms with E-state index in [1.807, 2.05) is 24.9 Å². The zero-order valence-electron chi connectivity index (χ0n) is 19.5. The van der Waals surface area contributed by atoms with Crippen molar-refractivity contribution in [1.82, 2.24) is 20.9 Å². The number of nitrogens with one attached hydrogen (secondary N) is 4. The summed E-state index contributed by atoms with van der Waals surface area (Å²) in [7, 11) is 0. The first kappa shape index (κ1) is 25.0. The van der Waals surface area contributed by atoms with Gasteiger partial charge in [-0.1, -0.05) is 19.9 Å². The number of nitrogens with zero attached hydrogens (tertiary/aromatic N) is 1. The predicted octanol–water partition coefficient (Wildman–Crippen LogP) is 1.11. The molecular weight excluding hydrogens is 426 g/mol. The van der Waals surface area contributed by atoms with E-state index in [0.29, 0.717) is 25.8 Å². The van der Waals surface area contributed by atoms with E-state index < -0.39 is 18.2 Å². The molecule has 1 saturated carbocycles. The van der Waals surface area contributed by atoms with E-state index in [1.54, 1.807) is 0 Å². The maximum Gasteiger partial charge on any atom is 0.408 e. The third-order valence-electron chi connectivity index (χ3n) is 6.81. The number of carbonyl (C=O) groups is 3. The molecule has 3 atom stereocenters. The van der Waals surface area contributed by atoms with E-state index in [0.717, 1.165) is 25.8 Å². The number of allylic oxidation sites excluding steroid dienone is 1. The van der Waals surface area contributed by atoms with Crippen LogP contribution in [0.25, 0.3) is 0 Å². The Morgan fingerprint density at radius 3 is 2.70 bits per heavy atom. The first-order valence-corrected chi connectivity index (χ1v) is 11.9. The molecule has 3 aliphatic rings. The smallest absolute Gasteiger partial charge is 0.408 e. The van der Waals surface area contributed by atoms with Crippen LogP contribution in [0.3, 0.4) is 0 Å². The number of amides is 3. The second kappa shape index (κ2) is 11.0. The molecule has 0 radical (unpaired) electrons. The van der Waals surface area contributed by atoms with Crippen LogP contribution in [0.15, 0.2) is 12.3 Å². The number of aliphatic hydroxyl groups is 1. The van der Waals surface area contributed by atoms with Gasteiger partial charge in [-0.15, -0.1) is 0 Å². The monoisotopic (exact) mass is 463 g/mol. The Balaban J connectivity index is 1.49. The van der Waals surface area contributed by atoms with Gasteiger partial charge in [0.2, 0.25) is 11.8 Å². The fourth-order valence-corrected chi connectivity index (χ4v) is 4.87. The standard InChI is InChI=1S/C23H37N5O5/c1-15(2)9-19(21(31)26-17(13-29)10-16-3-6-25-20(16)30)27-22(32)33-18-11-23(12-18)4-7-28(14-24)8-5-23/h4,7,14-19,24,29H,3,5-6,8-13H2,1-2H3,(H,25,30)(H,26,31)(H,27,32)/t16-,17-,18?,19-,23?/m0/s1. The number of ether oxygens (including phenoxy) is 1. The zero-order valence-corrected chi connectivity index (χ0v) is 19.5. The Kier molecular flexibility index (Phi) is 8.34. The molecule has 3 amide bonds. The molecule has 0 aromatic rings. The van der Waals surface area contributed by atoms with Crippen molar-refractivity contribution in [1.29, 1.82) is 5.41 Å². The second-order valence-corrected chi connectivity index (χ2v) is 9.96. The van der Waals surface area contributed by atoms with Crippen molar-refractivity contribution >= 4 is 24.2 Å². The zero-order chi connectivity index (χ0) is 24.0. The average molecular weight is 464 g/mol. The first-order chi connectivity index (χ1) is 15.7. The van der Waals surface area contributed by atoms with Crippen LogP contribution in [0, 0.1) is 22.7 Å². The summed E-state index contributed by atoms with van der Waals surface area (Å²) in [6.45, 7) is 5.04. The van der Waals surface area contributed by atoms with E-state index in [1.165, 1.54) is 6.34 Å². The SMILES string of the molecule is CC(C)C[C@H](NC(=O)OC1CC2(C=CN(C=N)CC2)C1)C(=O)N[C@H](CO)C[C@@H]1CCNC1=O. The summed E-state index contributed by atoms with van der Waals surface area (Å²) in [5.41, 5.74) is 0.0278. The van der Waals surface area contributed by atoms with Gasteiger partial charge >= 0.3 is 6.09 Å². The normalized spacial score (nSPS) is 28.1. The van der Waals surface area contributed by atoms with Gasteiger partial charge in [-0.25, -0.2) is 4.79 Å². The molecular formula is C23H37N5O5. The largest absolute Gasteiger partial charge is 0.446 e. The molecule has 3 rings (SSSR count). The molecule has 1 aliphatic carbocycles. The summed E-state index contributed by atoms with van der Waals surface area (Å²) in [5, 5.41) is 25.3. The van der Waals surface area contributed by atoms with Crippen molar-refractivity contribution in [2.75, 3.05) is 19.7 Å². The Morgan fingerprint density at radius 2 is 2.15 bits per heavy atom. The average Bonchev–Trinajstić information content (AvgIpc) is 3.16. The van der Waals surface area contributed by atoms with Crippen LogP contribution < -0.4 is 16.0 Å². The minimum Gasteiger partial charge on any atom is -0.446 e. The highest BCUT2D eigenvalue weighted by Crippen LogP contribution is 2.48. The number of carbonyl (C=O) groups excluding carboxylic acids is 3. The number of rotatable bonds is 10. The lowest BCUT2D eigenvalue weighted by atomic mass is 9.64. The Morgan fingerprint density at radius 1 is 1.39 bits per heavy atom. The van der Waals surface area contributed by atoms with Gasteiger partial charge in [0.15, 0.2) is 0 Å². The Bertz CT molecular complexity index is 764. The van der Waals surface area contributed by atoms with Gasteiger partial charge in [0.1, 0.15) is 12.1 Å². The highest BCUT2D eigenvalue weighted by atomic mass is 16.6.